The van der Waals surface area contributed by atoms with Crippen molar-refractivity contribution in [3.05, 3.63) is 12.2 Å². The Hall–Kier alpha value is -0.330. The number of allylic oxidation sites excluding steroid dienone is 1. The fourth-order valence-corrected chi connectivity index (χ4v) is 5.00. The molecule has 0 rings (SSSR count). The molecule has 220 valence electrons. The maximum atomic E-state index is 11.8. The molecule has 0 aromatic rings. The highest BCUT2D eigenvalue weighted by Crippen LogP contribution is 2.45. The minimum atomic E-state index is -0.373. The molecule has 0 aliphatic heterocycles. The minimum absolute atomic E-state index is 0.00155. The van der Waals surface area contributed by atoms with Crippen LogP contribution in [0.15, 0.2) is 12.2 Å². The topological polar surface area (TPSA) is 87.3 Å². The second-order valence-corrected chi connectivity index (χ2v) is 13.4. The summed E-state index contributed by atoms with van der Waals surface area (Å²) in [5, 5.41) is 5.92. The van der Waals surface area contributed by atoms with Crippen molar-refractivity contribution in [1.29, 1.82) is 0 Å². The number of amides is 1. The monoisotopic (exact) mass is 566 g/mol. The van der Waals surface area contributed by atoms with Gasteiger partial charge in [-0.3, -0.25) is 4.79 Å². The Labute approximate surface area is 234 Å². The molecular weight excluding hydrogens is 512 g/mol. The van der Waals surface area contributed by atoms with Gasteiger partial charge in [0.05, 0.1) is 59.5 Å². The summed E-state index contributed by atoms with van der Waals surface area (Å²) in [7, 11) is 5.47. The molecule has 0 aromatic heterocycles. The van der Waals surface area contributed by atoms with Crippen molar-refractivity contribution in [2.75, 3.05) is 79.6 Å². The quantitative estimate of drug-likeness (QED) is 0.0708. The molecule has 0 bridgehead atoms. The molecule has 2 N–H and O–H groups in total. The normalized spacial score (nSPS) is 14.7. The Morgan fingerprint density at radius 1 is 0.865 bits per heavy atom. The summed E-state index contributed by atoms with van der Waals surface area (Å²) in [6.45, 7) is 19.2. The molecule has 8 nitrogen and oxygen atoms in total. The molecule has 0 aromatic carbocycles. The number of carbonyl (C=O) groups excluding carboxylic acids is 1. The van der Waals surface area contributed by atoms with Gasteiger partial charge in [-0.05, 0) is 19.9 Å². The lowest BCUT2D eigenvalue weighted by molar-refractivity contribution is -0.122. The molecule has 10 heteroatoms. The lowest BCUT2D eigenvalue weighted by Gasteiger charge is -2.31. The third kappa shape index (κ3) is 25.7. The lowest BCUT2D eigenvalue weighted by Crippen LogP contribution is -2.29. The van der Waals surface area contributed by atoms with Gasteiger partial charge in [0.1, 0.15) is 4.93 Å². The molecule has 0 aliphatic rings. The Morgan fingerprint density at radius 2 is 1.46 bits per heavy atom. The Bertz CT molecular complexity index is 578. The van der Waals surface area contributed by atoms with Gasteiger partial charge < -0.3 is 34.3 Å². The van der Waals surface area contributed by atoms with E-state index < -0.39 is 0 Å². The van der Waals surface area contributed by atoms with Crippen LogP contribution in [0.5, 0.6) is 0 Å². The first-order chi connectivity index (χ1) is 17.6. The van der Waals surface area contributed by atoms with E-state index in [1.54, 1.807) is 10.8 Å². The molecule has 1 amide bonds. The molecule has 2 atom stereocenters. The first kappa shape index (κ1) is 36.7. The second-order valence-electron chi connectivity index (χ2n) is 9.93. The lowest BCUT2D eigenvalue weighted by atomic mass is 10.1. The maximum Gasteiger partial charge on any atom is 0.222 e. The highest BCUT2D eigenvalue weighted by Gasteiger charge is 2.29. The molecule has 1 unspecified atom stereocenters. The minimum Gasteiger partial charge on any atom is -0.379 e. The average Bonchev–Trinajstić information content (AvgIpc) is 2.85. The third-order valence-electron chi connectivity index (χ3n) is 5.04. The van der Waals surface area contributed by atoms with E-state index in [9.17, 15) is 4.79 Å². The van der Waals surface area contributed by atoms with E-state index in [2.05, 4.69) is 58.3 Å². The molecule has 0 radical (unpaired) electrons. The van der Waals surface area contributed by atoms with Crippen molar-refractivity contribution in [1.82, 2.24) is 10.6 Å². The van der Waals surface area contributed by atoms with Gasteiger partial charge in [-0.1, -0.05) is 74.8 Å². The summed E-state index contributed by atoms with van der Waals surface area (Å²) in [6, 6.07) is 0. The van der Waals surface area contributed by atoms with Crippen molar-refractivity contribution in [3.63, 3.8) is 0 Å². The van der Waals surface area contributed by atoms with E-state index in [0.717, 1.165) is 19.4 Å². The van der Waals surface area contributed by atoms with Crippen LogP contribution in [-0.4, -0.2) is 95.2 Å². The van der Waals surface area contributed by atoms with E-state index >= 15 is 0 Å². The van der Waals surface area contributed by atoms with Crippen LogP contribution < -0.4 is 10.6 Å². The van der Waals surface area contributed by atoms with Gasteiger partial charge in [0.2, 0.25) is 5.91 Å². The summed E-state index contributed by atoms with van der Waals surface area (Å²) >= 11 is 0. The number of ether oxygens (including phenoxy) is 5. The largest absolute Gasteiger partial charge is 0.379 e. The van der Waals surface area contributed by atoms with Crippen LogP contribution in [0.1, 0.15) is 60.8 Å². The van der Waals surface area contributed by atoms with Crippen molar-refractivity contribution in [2.45, 2.75) is 70.5 Å². The standard InChI is InChI=1S/C27H54N2O6S2/c1-8-24(2)10-9-13-29-25(30)11-15-31-18-21-34-22-23-35-27(6,37-36-26(3,4)5)12-16-32-19-20-33-17-14-28-7/h9-10,24,28H,8,11-23H2,1-7H3,(H,29,30)/b10-9+/t24?,27-/m0/s1. The first-order valence-electron chi connectivity index (χ1n) is 13.5. The Balaban J connectivity index is 3.98. The van der Waals surface area contributed by atoms with Gasteiger partial charge in [0.25, 0.3) is 0 Å². The zero-order valence-electron chi connectivity index (χ0n) is 24.4. The molecule has 0 fully saturated rings. The smallest absolute Gasteiger partial charge is 0.222 e. The first-order valence-corrected chi connectivity index (χ1v) is 15.7. The summed E-state index contributed by atoms with van der Waals surface area (Å²) in [5.74, 6) is 0.538. The zero-order chi connectivity index (χ0) is 27.8. The number of hydrogen-bond donors (Lipinski definition) is 2. The summed E-state index contributed by atoms with van der Waals surface area (Å²) < 4.78 is 28.8. The van der Waals surface area contributed by atoms with E-state index in [4.69, 9.17) is 23.7 Å². The molecule has 0 saturated carbocycles. The van der Waals surface area contributed by atoms with Crippen LogP contribution >= 0.6 is 21.6 Å². The van der Waals surface area contributed by atoms with Crippen LogP contribution in [0, 0.1) is 5.92 Å². The Morgan fingerprint density at radius 3 is 2.08 bits per heavy atom. The molecular formula is C27H54N2O6S2. The van der Waals surface area contributed by atoms with Crippen molar-refractivity contribution in [3.8, 4) is 0 Å². The predicted molar refractivity (Wildman–Crippen MR) is 157 cm³/mol. The van der Waals surface area contributed by atoms with Crippen LogP contribution in [-0.2, 0) is 28.5 Å². The van der Waals surface area contributed by atoms with Gasteiger partial charge >= 0.3 is 0 Å². The number of rotatable bonds is 25. The number of carbonyl (C=O) groups is 1. The number of likely N-dealkylation sites (N-methyl/N-ethyl adjacent to an activating group) is 1. The van der Waals surface area contributed by atoms with Crippen LogP contribution in [0.3, 0.4) is 0 Å². The fourth-order valence-electron chi connectivity index (χ4n) is 2.61. The van der Waals surface area contributed by atoms with Gasteiger partial charge in [0.15, 0.2) is 0 Å². The van der Waals surface area contributed by atoms with Gasteiger partial charge in [-0.25, -0.2) is 0 Å². The molecule has 0 aliphatic carbocycles. The summed E-state index contributed by atoms with van der Waals surface area (Å²) in [5.41, 5.74) is 0. The van der Waals surface area contributed by atoms with Gasteiger partial charge in [-0.2, -0.15) is 0 Å². The predicted octanol–water partition coefficient (Wildman–Crippen LogP) is 4.68. The number of hydrogen-bond acceptors (Lipinski definition) is 9. The molecule has 37 heavy (non-hydrogen) atoms. The third-order valence-corrected chi connectivity index (χ3v) is 9.11. The maximum absolute atomic E-state index is 11.8. The second kappa shape index (κ2) is 23.5. The van der Waals surface area contributed by atoms with Crippen molar-refractivity contribution in [2.24, 2.45) is 5.92 Å². The van der Waals surface area contributed by atoms with E-state index in [1.165, 1.54) is 0 Å². The van der Waals surface area contributed by atoms with Crippen molar-refractivity contribution < 1.29 is 28.5 Å². The van der Waals surface area contributed by atoms with E-state index in [0.29, 0.717) is 78.3 Å². The van der Waals surface area contributed by atoms with Crippen molar-refractivity contribution >= 4 is 27.5 Å². The average molecular weight is 567 g/mol. The Kier molecular flexibility index (Phi) is 23.3. The SMILES string of the molecule is CCC(C)/C=C/CNC(=O)CCOCCOCCO[C@](C)(CCOCCOCCNC)SSC(C)(C)C. The highest BCUT2D eigenvalue weighted by atomic mass is 33.1. The van der Waals surface area contributed by atoms with E-state index in [-0.39, 0.29) is 15.6 Å². The van der Waals surface area contributed by atoms with Gasteiger partial charge in [-0.15, -0.1) is 0 Å². The summed E-state index contributed by atoms with van der Waals surface area (Å²) in [6.07, 6.45) is 6.36. The molecule has 0 saturated heterocycles. The van der Waals surface area contributed by atoms with Crippen LogP contribution in [0.25, 0.3) is 0 Å². The van der Waals surface area contributed by atoms with Crippen LogP contribution in [0.2, 0.25) is 0 Å². The molecule has 0 heterocycles. The molecule has 0 spiro atoms. The van der Waals surface area contributed by atoms with E-state index in [1.807, 2.05) is 23.9 Å². The zero-order valence-corrected chi connectivity index (χ0v) is 26.0. The fraction of sp³-hybridized carbons (Fsp3) is 0.889. The van der Waals surface area contributed by atoms with Gasteiger partial charge in [0, 0.05) is 30.7 Å². The highest BCUT2D eigenvalue weighted by molar-refractivity contribution is 8.77. The van der Waals surface area contributed by atoms with Crippen LogP contribution in [0.4, 0.5) is 0 Å². The summed E-state index contributed by atoms with van der Waals surface area (Å²) in [4.78, 5) is 11.4. The number of nitrogens with one attached hydrogen (secondary N) is 2.